The maximum atomic E-state index is 16.1. The summed E-state index contributed by atoms with van der Waals surface area (Å²) in [5, 5.41) is 12.4. The van der Waals surface area contributed by atoms with Crippen molar-refractivity contribution in [3.8, 4) is 5.75 Å². The molecule has 0 bridgehead atoms. The largest absolute Gasteiger partial charge is 0.491 e. The number of nitrogens with zero attached hydrogens (tertiary/aromatic N) is 2. The molecule has 3 heterocycles. The lowest BCUT2D eigenvalue weighted by Crippen LogP contribution is -2.56. The fourth-order valence-corrected chi connectivity index (χ4v) is 9.33. The van der Waals surface area contributed by atoms with E-state index in [1.165, 1.54) is 13.2 Å². The topological polar surface area (TPSA) is 161 Å². The fourth-order valence-electron chi connectivity index (χ4n) is 8.84. The number of benzene rings is 4. The number of carbonyl (C=O) groups is 5. The first kappa shape index (κ1) is 41.6. The highest BCUT2D eigenvalue weighted by atomic mass is 127. The maximum absolute atomic E-state index is 16.1. The summed E-state index contributed by atoms with van der Waals surface area (Å²) in [5.41, 5.74) is 0.289. The van der Waals surface area contributed by atoms with Crippen LogP contribution in [0.15, 0.2) is 116 Å². The van der Waals surface area contributed by atoms with Crippen molar-refractivity contribution in [3.63, 3.8) is 0 Å². The van der Waals surface area contributed by atoms with E-state index < -0.39 is 77.4 Å². The van der Waals surface area contributed by atoms with Gasteiger partial charge in [0.1, 0.15) is 48.5 Å². The van der Waals surface area contributed by atoms with E-state index in [0.29, 0.717) is 26.0 Å². The summed E-state index contributed by atoms with van der Waals surface area (Å²) in [6.07, 6.45) is 0.469. The first-order chi connectivity index (χ1) is 28.5. The second-order valence-corrected chi connectivity index (χ2v) is 16.1. The van der Waals surface area contributed by atoms with Gasteiger partial charge in [-0.15, -0.1) is 0 Å². The smallest absolute Gasteiger partial charge is 0.329 e. The van der Waals surface area contributed by atoms with Crippen LogP contribution < -0.4 is 15.0 Å². The zero-order valence-electron chi connectivity index (χ0n) is 32.7. The molecular weight excluding hydrogens is 869 g/mol. The molecule has 59 heavy (non-hydrogen) atoms. The van der Waals surface area contributed by atoms with Gasteiger partial charge in [0.05, 0.1) is 31.5 Å². The van der Waals surface area contributed by atoms with E-state index in [1.54, 1.807) is 56.3 Å². The molecular formula is C45H44IN3O10. The minimum Gasteiger partial charge on any atom is -0.491 e. The van der Waals surface area contributed by atoms with Crippen LogP contribution >= 0.6 is 22.6 Å². The molecule has 306 valence electrons. The number of ether oxygens (including phenoxy) is 4. The SMILES string of the molecule is C=CCOC(=O)C1C2C(=O)OC(c3ccccc3)C(c3ccccc3)N2C(c2cccc(OCCO)c2)C12C(=O)N(C(=O)NC(C(=O)OC)C(C)C)c1ccc(I)cc12. The van der Waals surface area contributed by atoms with Crippen molar-refractivity contribution in [1.29, 1.82) is 0 Å². The van der Waals surface area contributed by atoms with Gasteiger partial charge in [0.15, 0.2) is 0 Å². The number of imide groups is 1. The van der Waals surface area contributed by atoms with Crippen LogP contribution in [0.3, 0.4) is 0 Å². The van der Waals surface area contributed by atoms with E-state index in [-0.39, 0.29) is 25.5 Å². The molecule has 0 saturated carbocycles. The summed E-state index contributed by atoms with van der Waals surface area (Å²) < 4.78 is 23.8. The number of urea groups is 1. The molecule has 3 aliphatic rings. The molecule has 3 aliphatic heterocycles. The number of halogens is 1. The van der Waals surface area contributed by atoms with Gasteiger partial charge in [-0.3, -0.25) is 19.3 Å². The van der Waals surface area contributed by atoms with Crippen molar-refractivity contribution in [2.45, 2.75) is 49.5 Å². The quantitative estimate of drug-likeness (QED) is 0.0747. The number of morpholine rings is 1. The molecule has 0 aliphatic carbocycles. The van der Waals surface area contributed by atoms with Crippen LogP contribution in [-0.4, -0.2) is 78.9 Å². The lowest BCUT2D eigenvalue weighted by molar-refractivity contribution is -0.180. The van der Waals surface area contributed by atoms with Gasteiger partial charge >= 0.3 is 23.9 Å². The molecule has 2 N–H and O–H groups in total. The highest BCUT2D eigenvalue weighted by Crippen LogP contribution is 2.66. The van der Waals surface area contributed by atoms with Crippen LogP contribution in [0, 0.1) is 15.4 Å². The number of carbonyl (C=O) groups excluding carboxylic acids is 5. The number of amides is 3. The average molecular weight is 914 g/mol. The van der Waals surface area contributed by atoms with E-state index in [4.69, 9.17) is 18.9 Å². The molecule has 4 aromatic rings. The number of hydrogen-bond acceptors (Lipinski definition) is 11. The van der Waals surface area contributed by atoms with Gasteiger partial charge in [-0.05, 0) is 81.1 Å². The van der Waals surface area contributed by atoms with E-state index in [1.807, 2.05) is 65.6 Å². The Hall–Kier alpha value is -5.58. The first-order valence-electron chi connectivity index (χ1n) is 19.2. The lowest BCUT2D eigenvalue weighted by atomic mass is 9.65. The van der Waals surface area contributed by atoms with Crippen LogP contribution in [0.5, 0.6) is 5.75 Å². The van der Waals surface area contributed by atoms with E-state index >= 15 is 4.79 Å². The predicted molar refractivity (Wildman–Crippen MR) is 224 cm³/mol. The van der Waals surface area contributed by atoms with Crippen LogP contribution in [0.1, 0.15) is 54.3 Å². The Morgan fingerprint density at radius 1 is 0.932 bits per heavy atom. The molecule has 2 fully saturated rings. The maximum Gasteiger partial charge on any atom is 0.329 e. The van der Waals surface area contributed by atoms with Gasteiger partial charge < -0.3 is 29.4 Å². The summed E-state index contributed by atoms with van der Waals surface area (Å²) in [4.78, 5) is 76.4. The number of anilines is 1. The third kappa shape index (κ3) is 7.27. The number of nitrogens with one attached hydrogen (secondary N) is 1. The molecule has 13 nitrogen and oxygen atoms in total. The minimum atomic E-state index is -2.04. The van der Waals surface area contributed by atoms with Crippen LogP contribution in [0.4, 0.5) is 10.5 Å². The Balaban J connectivity index is 1.56. The molecule has 0 aromatic heterocycles. The highest BCUT2D eigenvalue weighted by Gasteiger charge is 2.76. The monoisotopic (exact) mass is 913 g/mol. The third-order valence-corrected chi connectivity index (χ3v) is 11.8. The van der Waals surface area contributed by atoms with Gasteiger partial charge in [-0.2, -0.15) is 0 Å². The number of aliphatic hydroxyl groups excluding tert-OH is 1. The fraction of sp³-hybridized carbons (Fsp3) is 0.311. The normalized spacial score (nSPS) is 23.9. The summed E-state index contributed by atoms with van der Waals surface area (Å²) in [5.74, 6) is -4.84. The average Bonchev–Trinajstić information content (AvgIpc) is 3.70. The summed E-state index contributed by atoms with van der Waals surface area (Å²) in [6, 6.07) is 25.2. The summed E-state index contributed by atoms with van der Waals surface area (Å²) >= 11 is 2.11. The molecule has 0 radical (unpaired) electrons. The third-order valence-electron chi connectivity index (χ3n) is 11.2. The molecule has 7 rings (SSSR count). The minimum absolute atomic E-state index is 0.0255. The number of methoxy groups -OCH3 is 1. The van der Waals surface area contributed by atoms with Gasteiger partial charge in [0, 0.05) is 3.57 Å². The van der Waals surface area contributed by atoms with Crippen molar-refractivity contribution in [2.24, 2.45) is 11.8 Å². The van der Waals surface area contributed by atoms with Crippen LogP contribution in [0.25, 0.3) is 0 Å². The zero-order valence-corrected chi connectivity index (χ0v) is 34.8. The Bertz CT molecular complexity index is 2250. The van der Waals surface area contributed by atoms with Crippen LogP contribution in [0.2, 0.25) is 0 Å². The Kier molecular flexibility index (Phi) is 12.2. The van der Waals surface area contributed by atoms with E-state index in [2.05, 4.69) is 34.5 Å². The second kappa shape index (κ2) is 17.3. The van der Waals surface area contributed by atoms with Gasteiger partial charge in [-0.25, -0.2) is 14.5 Å². The number of hydrogen-bond donors (Lipinski definition) is 2. The zero-order chi connectivity index (χ0) is 42.0. The number of rotatable bonds is 12. The number of esters is 3. The van der Waals surface area contributed by atoms with Crippen LogP contribution in [-0.2, 0) is 38.8 Å². The number of fused-ring (bicyclic) bond motifs is 3. The Morgan fingerprint density at radius 3 is 2.25 bits per heavy atom. The molecule has 7 unspecified atom stereocenters. The van der Waals surface area contributed by atoms with Crippen molar-refractivity contribution in [2.75, 3.05) is 31.8 Å². The lowest BCUT2D eigenvalue weighted by Gasteiger charge is -2.46. The highest BCUT2D eigenvalue weighted by molar-refractivity contribution is 14.1. The Labute approximate surface area is 355 Å². The predicted octanol–water partition coefficient (Wildman–Crippen LogP) is 5.96. The van der Waals surface area contributed by atoms with Gasteiger partial charge in [0.25, 0.3) is 0 Å². The van der Waals surface area contributed by atoms with Crippen molar-refractivity contribution >= 4 is 58.1 Å². The molecule has 4 aromatic carbocycles. The van der Waals surface area contributed by atoms with Crippen molar-refractivity contribution < 1.29 is 48.0 Å². The number of cyclic esters (lactones) is 1. The van der Waals surface area contributed by atoms with Gasteiger partial charge in [0.2, 0.25) is 5.91 Å². The Morgan fingerprint density at radius 2 is 1.61 bits per heavy atom. The van der Waals surface area contributed by atoms with E-state index in [9.17, 15) is 24.3 Å². The molecule has 2 saturated heterocycles. The van der Waals surface area contributed by atoms with Gasteiger partial charge in [-0.1, -0.05) is 99.3 Å². The molecule has 7 atom stereocenters. The second-order valence-electron chi connectivity index (χ2n) is 14.8. The van der Waals surface area contributed by atoms with Crippen molar-refractivity contribution in [1.82, 2.24) is 10.2 Å². The summed E-state index contributed by atoms with van der Waals surface area (Å²) in [7, 11) is 1.21. The number of aliphatic hydroxyl groups is 1. The van der Waals surface area contributed by atoms with E-state index in [0.717, 1.165) is 10.5 Å². The first-order valence-corrected chi connectivity index (χ1v) is 20.3. The molecule has 3 amide bonds. The van der Waals surface area contributed by atoms with Crippen molar-refractivity contribution in [3.05, 3.63) is 142 Å². The summed E-state index contributed by atoms with van der Waals surface area (Å²) in [6.45, 7) is 6.66. The standard InChI is InChI=1S/C45H44IN3O10/c1-5-22-58-40(51)34-37-42(53)59-38(28-15-10-7-11-16-28)36(27-13-8-6-9-14-27)49(37)39(29-17-12-18-31(24-29)57-23-21-50)45(34)32-25-30(46)19-20-33(32)48(43(45)54)44(55)47-35(26(2)3)41(52)56-4/h5-20,24-26,34-39,50H,1,21-23H2,2-4H3,(H,47,55). The molecule has 1 spiro atoms. The molecule has 14 heteroatoms.